The molecule has 1 amide bonds. The Balaban J connectivity index is 1.82. The molecule has 0 bridgehead atoms. The molecule has 2 aromatic rings. The monoisotopic (exact) mass is 325 g/mol. The fraction of sp³-hybridized carbons (Fsp3) is 0.550. The van der Waals surface area contributed by atoms with Gasteiger partial charge in [0.25, 0.3) is 0 Å². The molecule has 0 saturated carbocycles. The maximum Gasteiger partial charge on any atom is 0.233 e. The van der Waals surface area contributed by atoms with Crippen molar-refractivity contribution in [3.8, 4) is 0 Å². The molecule has 1 aromatic heterocycles. The first kappa shape index (κ1) is 15.7. The van der Waals surface area contributed by atoms with Crippen molar-refractivity contribution in [2.75, 3.05) is 20.1 Å². The van der Waals surface area contributed by atoms with Crippen LogP contribution in [0.25, 0.3) is 10.9 Å². The van der Waals surface area contributed by atoms with Gasteiger partial charge in [-0.25, -0.2) is 0 Å². The van der Waals surface area contributed by atoms with Crippen molar-refractivity contribution in [3.05, 3.63) is 35.0 Å². The molecule has 1 atom stereocenters. The van der Waals surface area contributed by atoms with Crippen LogP contribution in [0.15, 0.2) is 18.2 Å². The first-order valence-corrected chi connectivity index (χ1v) is 9.19. The molecule has 2 aliphatic rings. The lowest BCUT2D eigenvalue weighted by atomic mass is 9.89. The normalized spacial score (nSPS) is 20.4. The van der Waals surface area contributed by atoms with E-state index in [1.165, 1.54) is 40.6 Å². The lowest BCUT2D eigenvalue weighted by Crippen LogP contribution is -2.44. The summed E-state index contributed by atoms with van der Waals surface area (Å²) in [4.78, 5) is 14.3. The molecule has 4 heteroatoms. The summed E-state index contributed by atoms with van der Waals surface area (Å²) in [5.74, 6) is 0.677. The van der Waals surface area contributed by atoms with Gasteiger partial charge < -0.3 is 9.88 Å². The van der Waals surface area contributed by atoms with E-state index in [1.54, 1.807) is 7.05 Å². The number of nitrogens with zero attached hydrogens (tertiary/aromatic N) is 2. The van der Waals surface area contributed by atoms with Crippen molar-refractivity contribution in [3.63, 3.8) is 0 Å². The van der Waals surface area contributed by atoms with E-state index in [4.69, 9.17) is 0 Å². The van der Waals surface area contributed by atoms with Gasteiger partial charge in [-0.15, -0.1) is 0 Å². The molecule has 0 radical (unpaired) electrons. The van der Waals surface area contributed by atoms with Crippen LogP contribution in [-0.4, -0.2) is 35.5 Å². The Morgan fingerprint density at radius 1 is 1.33 bits per heavy atom. The summed E-state index contributed by atoms with van der Waals surface area (Å²) in [7, 11) is 1.73. The van der Waals surface area contributed by atoms with E-state index in [1.807, 2.05) is 0 Å². The number of carbonyl (C=O) groups is 1. The summed E-state index contributed by atoms with van der Waals surface area (Å²) < 4.78 is 2.53. The Labute approximate surface area is 143 Å². The highest BCUT2D eigenvalue weighted by molar-refractivity contribution is 5.87. The van der Waals surface area contributed by atoms with Crippen LogP contribution in [0.3, 0.4) is 0 Å². The van der Waals surface area contributed by atoms with Crippen LogP contribution in [0.2, 0.25) is 0 Å². The second kappa shape index (κ2) is 5.92. The molecule has 4 rings (SSSR count). The summed E-state index contributed by atoms with van der Waals surface area (Å²) in [5, 5.41) is 4.22. The molecule has 128 valence electrons. The van der Waals surface area contributed by atoms with Crippen LogP contribution in [0.4, 0.5) is 0 Å². The number of aryl methyl sites for hydroxylation is 1. The molecule has 0 fully saturated rings. The third-order valence-electron chi connectivity index (χ3n) is 5.80. The minimum absolute atomic E-state index is 0.119. The topological polar surface area (TPSA) is 37.3 Å². The number of benzene rings is 1. The maximum absolute atomic E-state index is 11.9. The largest absolute Gasteiger partial charge is 0.358 e. The van der Waals surface area contributed by atoms with Crippen LogP contribution in [-0.2, 0) is 17.8 Å². The Hall–Kier alpha value is -1.81. The van der Waals surface area contributed by atoms with Gasteiger partial charge in [0.15, 0.2) is 0 Å². The van der Waals surface area contributed by atoms with Crippen LogP contribution < -0.4 is 5.32 Å². The number of likely N-dealkylation sites (N-methyl/N-ethyl adjacent to an activating group) is 1. The van der Waals surface area contributed by atoms with Gasteiger partial charge >= 0.3 is 0 Å². The quantitative estimate of drug-likeness (QED) is 0.941. The summed E-state index contributed by atoms with van der Waals surface area (Å²) >= 11 is 0. The Bertz CT molecular complexity index is 790. The average Bonchev–Trinajstić information content (AvgIpc) is 2.92. The Morgan fingerprint density at radius 3 is 2.92 bits per heavy atom. The van der Waals surface area contributed by atoms with Gasteiger partial charge in [0.05, 0.1) is 12.6 Å². The van der Waals surface area contributed by atoms with Crippen molar-refractivity contribution in [2.45, 2.75) is 51.6 Å². The summed E-state index contributed by atoms with van der Waals surface area (Å²) in [6.45, 7) is 6.98. The number of amides is 1. The van der Waals surface area contributed by atoms with Gasteiger partial charge in [-0.05, 0) is 48.4 Å². The molecule has 1 unspecified atom stereocenters. The van der Waals surface area contributed by atoms with Crippen molar-refractivity contribution in [1.29, 1.82) is 0 Å². The molecule has 0 saturated heterocycles. The molecule has 1 aliphatic carbocycles. The van der Waals surface area contributed by atoms with Gasteiger partial charge in [-0.3, -0.25) is 9.69 Å². The van der Waals surface area contributed by atoms with Crippen molar-refractivity contribution < 1.29 is 4.79 Å². The van der Waals surface area contributed by atoms with Crippen LogP contribution in [0.5, 0.6) is 0 Å². The molecule has 24 heavy (non-hydrogen) atoms. The van der Waals surface area contributed by atoms with E-state index < -0.39 is 0 Å². The third-order valence-corrected chi connectivity index (χ3v) is 5.80. The predicted molar refractivity (Wildman–Crippen MR) is 97.3 cm³/mol. The summed E-state index contributed by atoms with van der Waals surface area (Å²) in [6, 6.07) is 7.41. The fourth-order valence-corrected chi connectivity index (χ4v) is 4.51. The molecular formula is C20H27N3O. The highest BCUT2D eigenvalue weighted by Crippen LogP contribution is 2.42. The third kappa shape index (κ3) is 2.35. The molecule has 1 aliphatic heterocycles. The van der Waals surface area contributed by atoms with Crippen LogP contribution >= 0.6 is 0 Å². The standard InChI is InChI=1S/C20H27N3O/c1-13(2)14-7-8-17-16(11-14)15-5-4-6-18-20(15)23(17)10-9-22(18)12-19(24)21-3/h7-8,11,13,18H,4-6,9-10,12H2,1-3H3,(H,21,24). The number of hydrogen-bond donors (Lipinski definition) is 1. The van der Waals surface area contributed by atoms with Crippen LogP contribution in [0, 0.1) is 0 Å². The van der Waals surface area contributed by atoms with E-state index in [2.05, 4.69) is 46.8 Å². The molecular weight excluding hydrogens is 298 g/mol. The minimum atomic E-state index is 0.119. The lowest BCUT2D eigenvalue weighted by Gasteiger charge is -2.39. The number of rotatable bonds is 3. The second-order valence-corrected chi connectivity index (χ2v) is 7.50. The van der Waals surface area contributed by atoms with E-state index >= 15 is 0 Å². The number of fused-ring (bicyclic) bond motifs is 3. The molecule has 1 N–H and O–H groups in total. The zero-order chi connectivity index (χ0) is 16.8. The highest BCUT2D eigenvalue weighted by atomic mass is 16.1. The molecule has 4 nitrogen and oxygen atoms in total. The zero-order valence-corrected chi connectivity index (χ0v) is 14.9. The Morgan fingerprint density at radius 2 is 2.17 bits per heavy atom. The van der Waals surface area contributed by atoms with Crippen molar-refractivity contribution in [2.24, 2.45) is 0 Å². The number of aromatic nitrogens is 1. The van der Waals surface area contributed by atoms with Crippen LogP contribution in [0.1, 0.15) is 55.5 Å². The zero-order valence-electron chi connectivity index (χ0n) is 14.9. The van der Waals surface area contributed by atoms with Gasteiger partial charge in [-0.2, -0.15) is 0 Å². The van der Waals surface area contributed by atoms with E-state index in [-0.39, 0.29) is 5.91 Å². The molecule has 0 spiro atoms. The second-order valence-electron chi connectivity index (χ2n) is 7.50. The number of hydrogen-bond acceptors (Lipinski definition) is 2. The van der Waals surface area contributed by atoms with E-state index in [9.17, 15) is 4.79 Å². The van der Waals surface area contributed by atoms with Gasteiger partial charge in [0.2, 0.25) is 5.91 Å². The van der Waals surface area contributed by atoms with Gasteiger partial charge in [0.1, 0.15) is 0 Å². The van der Waals surface area contributed by atoms with E-state index in [0.29, 0.717) is 18.5 Å². The lowest BCUT2D eigenvalue weighted by molar-refractivity contribution is -0.122. The minimum Gasteiger partial charge on any atom is -0.358 e. The molecule has 1 aromatic carbocycles. The number of carbonyl (C=O) groups excluding carboxylic acids is 1. The predicted octanol–water partition coefficient (Wildman–Crippen LogP) is 3.20. The fourth-order valence-electron chi connectivity index (χ4n) is 4.51. The number of nitrogens with one attached hydrogen (secondary N) is 1. The van der Waals surface area contributed by atoms with Gasteiger partial charge in [0, 0.05) is 36.7 Å². The highest BCUT2D eigenvalue weighted by Gasteiger charge is 2.35. The smallest absolute Gasteiger partial charge is 0.233 e. The van der Waals surface area contributed by atoms with Crippen molar-refractivity contribution >= 4 is 16.8 Å². The maximum atomic E-state index is 11.9. The van der Waals surface area contributed by atoms with Gasteiger partial charge in [-0.1, -0.05) is 19.9 Å². The molecule has 2 heterocycles. The average molecular weight is 325 g/mol. The SMILES string of the molecule is CNC(=O)CN1CCn2c3c(c4cc(C(C)C)ccc42)CCCC31. The Kier molecular flexibility index (Phi) is 3.87. The van der Waals surface area contributed by atoms with E-state index in [0.717, 1.165) is 19.5 Å². The van der Waals surface area contributed by atoms with Crippen molar-refractivity contribution in [1.82, 2.24) is 14.8 Å². The summed E-state index contributed by atoms with van der Waals surface area (Å²) in [5.41, 5.74) is 5.82. The first-order chi connectivity index (χ1) is 11.6. The first-order valence-electron chi connectivity index (χ1n) is 9.19. The summed E-state index contributed by atoms with van der Waals surface area (Å²) in [6.07, 6.45) is 3.55.